The van der Waals surface area contributed by atoms with E-state index in [2.05, 4.69) is 245 Å². The lowest BCUT2D eigenvalue weighted by Gasteiger charge is -2.31. The van der Waals surface area contributed by atoms with Crippen LogP contribution in [0.2, 0.25) is 0 Å². The Labute approximate surface area is 387 Å². The lowest BCUT2D eigenvalue weighted by Crippen LogP contribution is -2.25. The smallest absolute Gasteiger partial charge is 0.0725 e. The molecule has 4 aliphatic rings. The molecule has 0 N–H and O–H groups in total. The summed E-state index contributed by atoms with van der Waals surface area (Å²) >= 11 is 0. The number of fused-ring (bicyclic) bond motifs is 18. The first-order chi connectivity index (χ1) is 32.3. The van der Waals surface area contributed by atoms with E-state index < -0.39 is 0 Å². The minimum Gasteiger partial charge on any atom is -0.310 e. The highest BCUT2D eigenvalue weighted by molar-refractivity contribution is 6.06. The van der Waals surface area contributed by atoms with Gasteiger partial charge in [-0.3, -0.25) is 0 Å². The van der Waals surface area contributed by atoms with Gasteiger partial charge in [0, 0.05) is 27.8 Å². The summed E-state index contributed by atoms with van der Waals surface area (Å²) in [7, 11) is 0. The summed E-state index contributed by atoms with van der Waals surface area (Å²) in [5.41, 5.74) is 26.8. The average molecular weight is 842 g/mol. The second-order valence-electron chi connectivity index (χ2n) is 20.0. The van der Waals surface area contributed by atoms with Crippen molar-refractivity contribution in [3.8, 4) is 55.6 Å². The molecule has 14 rings (SSSR count). The molecule has 0 heterocycles. The average Bonchev–Trinajstić information content (AvgIpc) is 3.99. The minimum absolute atomic E-state index is 0.137. The summed E-state index contributed by atoms with van der Waals surface area (Å²) in [6.45, 7) is 9.58. The van der Waals surface area contributed by atoms with E-state index in [9.17, 15) is 0 Å². The Hall–Kier alpha value is -7.74. The Morgan fingerprint density at radius 1 is 0.318 bits per heavy atom. The minimum atomic E-state index is -0.382. The lowest BCUT2D eigenvalue weighted by molar-refractivity contribution is 0.660. The van der Waals surface area contributed by atoms with Crippen LogP contribution in [0.25, 0.3) is 66.4 Å². The standard InChI is InChI=1S/C65H47N/c1-63(2)53-24-12-7-19-46(53)50-36-34-44(39-58(50)63)66(60-38-42-17-5-6-18-45(42)62-61(60)52-23-11-13-25-54(52)64(62,3)4)43-32-29-40(30-33-43)41-31-35-51-49-22-10-16-28-57(49)65(59(51)37-41)55-26-14-8-20-47(55)48-21-9-15-27-56(48)65/h5-39H,1-4H3. The third-order valence-corrected chi connectivity index (χ3v) is 16.0. The van der Waals surface area contributed by atoms with Crippen molar-refractivity contribution in [1.82, 2.24) is 0 Å². The van der Waals surface area contributed by atoms with Crippen molar-refractivity contribution in [2.24, 2.45) is 0 Å². The second kappa shape index (κ2) is 13.2. The molecule has 0 aliphatic heterocycles. The van der Waals surface area contributed by atoms with E-state index in [1.165, 1.54) is 117 Å². The van der Waals surface area contributed by atoms with Gasteiger partial charge in [-0.05, 0) is 142 Å². The third-order valence-electron chi connectivity index (χ3n) is 16.0. The van der Waals surface area contributed by atoms with Crippen molar-refractivity contribution in [2.75, 3.05) is 4.90 Å². The Balaban J connectivity index is 0.971. The van der Waals surface area contributed by atoms with Crippen molar-refractivity contribution < 1.29 is 0 Å². The van der Waals surface area contributed by atoms with E-state index in [4.69, 9.17) is 0 Å². The Bertz CT molecular complexity index is 3650. The van der Waals surface area contributed by atoms with Crippen LogP contribution in [0.4, 0.5) is 17.1 Å². The SMILES string of the molecule is CC1(C)c2ccccc2-c2ccc(N(c3ccc(-c4ccc5c(c4)C4(c6ccccc6-c6ccccc64)c4ccccc4-5)cc3)c3cc4ccccc4c4c3-c3ccccc3C4(C)C)cc21. The number of nitrogens with zero attached hydrogens (tertiary/aromatic N) is 1. The van der Waals surface area contributed by atoms with Gasteiger partial charge in [0.15, 0.2) is 0 Å². The molecular weight excluding hydrogens is 795 g/mol. The molecule has 1 spiro atoms. The van der Waals surface area contributed by atoms with Crippen LogP contribution in [-0.2, 0) is 16.2 Å². The first kappa shape index (κ1) is 37.6. The van der Waals surface area contributed by atoms with E-state index in [1.54, 1.807) is 0 Å². The van der Waals surface area contributed by atoms with Crippen molar-refractivity contribution in [3.63, 3.8) is 0 Å². The molecule has 1 heteroatoms. The fourth-order valence-electron chi connectivity index (χ4n) is 13.1. The van der Waals surface area contributed by atoms with Gasteiger partial charge in [0.05, 0.1) is 11.1 Å². The molecule has 10 aromatic carbocycles. The quantitative estimate of drug-likeness (QED) is 0.171. The molecule has 312 valence electrons. The van der Waals surface area contributed by atoms with Crippen LogP contribution in [0.15, 0.2) is 212 Å². The fraction of sp³-hybridized carbons (Fsp3) is 0.108. The molecule has 0 atom stereocenters. The number of hydrogen-bond donors (Lipinski definition) is 0. The summed E-state index contributed by atoms with van der Waals surface area (Å²) in [5.74, 6) is 0. The molecular formula is C65H47N. The van der Waals surface area contributed by atoms with Crippen LogP contribution in [0.3, 0.4) is 0 Å². The number of hydrogen-bond acceptors (Lipinski definition) is 1. The first-order valence-electron chi connectivity index (χ1n) is 23.5. The van der Waals surface area contributed by atoms with Crippen molar-refractivity contribution in [2.45, 2.75) is 43.9 Å². The van der Waals surface area contributed by atoms with Gasteiger partial charge in [-0.25, -0.2) is 0 Å². The molecule has 10 aromatic rings. The lowest BCUT2D eigenvalue weighted by atomic mass is 9.70. The van der Waals surface area contributed by atoms with Crippen LogP contribution < -0.4 is 4.90 Å². The number of benzene rings is 10. The van der Waals surface area contributed by atoms with E-state index in [0.717, 1.165) is 11.4 Å². The zero-order chi connectivity index (χ0) is 44.1. The summed E-state index contributed by atoms with van der Waals surface area (Å²) in [5, 5.41) is 2.58. The number of rotatable bonds is 4. The molecule has 66 heavy (non-hydrogen) atoms. The zero-order valence-electron chi connectivity index (χ0n) is 37.7. The molecule has 0 saturated heterocycles. The number of anilines is 3. The Morgan fingerprint density at radius 3 is 1.41 bits per heavy atom. The molecule has 1 nitrogen and oxygen atoms in total. The molecule has 0 radical (unpaired) electrons. The predicted molar refractivity (Wildman–Crippen MR) is 275 cm³/mol. The van der Waals surface area contributed by atoms with E-state index in [-0.39, 0.29) is 16.2 Å². The maximum atomic E-state index is 2.55. The van der Waals surface area contributed by atoms with E-state index in [1.807, 2.05) is 0 Å². The molecule has 0 amide bonds. The Morgan fingerprint density at radius 2 is 0.773 bits per heavy atom. The highest BCUT2D eigenvalue weighted by Crippen LogP contribution is 2.63. The highest BCUT2D eigenvalue weighted by Gasteiger charge is 2.51. The molecule has 0 fully saturated rings. The summed E-state index contributed by atoms with van der Waals surface area (Å²) in [6.07, 6.45) is 0. The fourth-order valence-corrected chi connectivity index (χ4v) is 13.1. The van der Waals surface area contributed by atoms with Crippen molar-refractivity contribution >= 4 is 27.8 Å². The maximum Gasteiger partial charge on any atom is 0.0725 e. The van der Waals surface area contributed by atoms with Crippen LogP contribution in [-0.4, -0.2) is 0 Å². The van der Waals surface area contributed by atoms with E-state index in [0.29, 0.717) is 0 Å². The van der Waals surface area contributed by atoms with Gasteiger partial charge < -0.3 is 4.90 Å². The molecule has 0 saturated carbocycles. The summed E-state index contributed by atoms with van der Waals surface area (Å²) in [6, 6.07) is 80.5. The molecule has 0 unspecified atom stereocenters. The van der Waals surface area contributed by atoms with Crippen LogP contribution in [0.5, 0.6) is 0 Å². The summed E-state index contributed by atoms with van der Waals surface area (Å²) in [4.78, 5) is 2.55. The normalized spacial score (nSPS) is 15.3. The molecule has 0 aromatic heterocycles. The highest BCUT2D eigenvalue weighted by atomic mass is 15.1. The van der Waals surface area contributed by atoms with Gasteiger partial charge in [0.25, 0.3) is 0 Å². The predicted octanol–water partition coefficient (Wildman–Crippen LogP) is 16.9. The van der Waals surface area contributed by atoms with Crippen molar-refractivity contribution in [1.29, 1.82) is 0 Å². The topological polar surface area (TPSA) is 3.24 Å². The maximum absolute atomic E-state index is 2.55. The van der Waals surface area contributed by atoms with E-state index >= 15 is 0 Å². The Kier molecular flexibility index (Phi) is 7.51. The van der Waals surface area contributed by atoms with Gasteiger partial charge in [0.2, 0.25) is 0 Å². The van der Waals surface area contributed by atoms with Gasteiger partial charge in [-0.1, -0.05) is 204 Å². The van der Waals surface area contributed by atoms with Crippen LogP contribution >= 0.6 is 0 Å². The zero-order valence-corrected chi connectivity index (χ0v) is 37.7. The van der Waals surface area contributed by atoms with Gasteiger partial charge in [-0.15, -0.1) is 0 Å². The first-order valence-corrected chi connectivity index (χ1v) is 23.5. The monoisotopic (exact) mass is 841 g/mol. The van der Waals surface area contributed by atoms with Gasteiger partial charge >= 0.3 is 0 Å². The van der Waals surface area contributed by atoms with Gasteiger partial charge in [0.1, 0.15) is 0 Å². The summed E-state index contributed by atoms with van der Waals surface area (Å²) < 4.78 is 0. The van der Waals surface area contributed by atoms with Crippen LogP contribution in [0.1, 0.15) is 72.2 Å². The molecule has 4 aliphatic carbocycles. The third kappa shape index (κ3) is 4.75. The van der Waals surface area contributed by atoms with Crippen LogP contribution in [0, 0.1) is 0 Å². The van der Waals surface area contributed by atoms with Crippen molar-refractivity contribution in [3.05, 3.63) is 257 Å². The molecule has 0 bridgehead atoms. The second-order valence-corrected chi connectivity index (χ2v) is 20.0. The van der Waals surface area contributed by atoms with Gasteiger partial charge in [-0.2, -0.15) is 0 Å². The largest absolute Gasteiger partial charge is 0.310 e.